The molecule has 3 heteroatoms. The molecule has 1 rings (SSSR count). The smallest absolute Gasteiger partial charge is 0.323 e. The lowest BCUT2D eigenvalue weighted by Crippen LogP contribution is -2.56. The molecule has 0 aromatic rings. The van der Waals surface area contributed by atoms with E-state index in [-0.39, 0.29) is 12.0 Å². The first kappa shape index (κ1) is 7.54. The van der Waals surface area contributed by atoms with Crippen molar-refractivity contribution in [2.45, 2.75) is 19.9 Å². The van der Waals surface area contributed by atoms with E-state index in [0.29, 0.717) is 12.5 Å². The van der Waals surface area contributed by atoms with Gasteiger partial charge in [0, 0.05) is 6.54 Å². The van der Waals surface area contributed by atoms with Gasteiger partial charge in [0.25, 0.3) is 0 Å². The highest BCUT2D eigenvalue weighted by molar-refractivity contribution is 5.77. The molecule has 0 unspecified atom stereocenters. The lowest BCUT2D eigenvalue weighted by atomic mass is 9.94. The van der Waals surface area contributed by atoms with Crippen LogP contribution in [0.5, 0.6) is 0 Å². The summed E-state index contributed by atoms with van der Waals surface area (Å²) in [4.78, 5) is 11.0. The van der Waals surface area contributed by atoms with Gasteiger partial charge >= 0.3 is 5.97 Å². The Hall–Kier alpha value is -0.570. The van der Waals surface area contributed by atoms with E-state index in [9.17, 15) is 4.79 Å². The first-order valence-electron chi connectivity index (χ1n) is 3.65. The van der Waals surface area contributed by atoms with Gasteiger partial charge in [0.05, 0.1) is 6.61 Å². The van der Waals surface area contributed by atoms with E-state index in [0.717, 1.165) is 6.54 Å². The first-order chi connectivity index (χ1) is 4.75. The molecule has 0 aromatic carbocycles. The number of carbonyl (C=O) groups is 1. The Morgan fingerprint density at radius 3 is 2.80 bits per heavy atom. The molecule has 2 atom stereocenters. The Bertz CT molecular complexity index is 136. The third-order valence-corrected chi connectivity index (χ3v) is 1.77. The van der Waals surface area contributed by atoms with Gasteiger partial charge < -0.3 is 10.1 Å². The van der Waals surface area contributed by atoms with Gasteiger partial charge in [-0.1, -0.05) is 6.92 Å². The number of hydrogen-bond donors (Lipinski definition) is 1. The highest BCUT2D eigenvalue weighted by Crippen LogP contribution is 2.12. The van der Waals surface area contributed by atoms with E-state index in [4.69, 9.17) is 4.74 Å². The molecule has 10 heavy (non-hydrogen) atoms. The topological polar surface area (TPSA) is 38.3 Å². The fourth-order valence-electron chi connectivity index (χ4n) is 1.02. The van der Waals surface area contributed by atoms with E-state index in [1.54, 1.807) is 0 Å². The van der Waals surface area contributed by atoms with Crippen LogP contribution in [0.25, 0.3) is 0 Å². The summed E-state index contributed by atoms with van der Waals surface area (Å²) in [5.74, 6) is 0.334. The maximum Gasteiger partial charge on any atom is 0.323 e. The highest BCUT2D eigenvalue weighted by Gasteiger charge is 2.33. The minimum absolute atomic E-state index is 0.0417. The van der Waals surface area contributed by atoms with Gasteiger partial charge in [-0.05, 0) is 12.8 Å². The summed E-state index contributed by atoms with van der Waals surface area (Å²) in [5, 5.41) is 3.01. The quantitative estimate of drug-likeness (QED) is 0.559. The van der Waals surface area contributed by atoms with Crippen molar-refractivity contribution in [1.29, 1.82) is 0 Å². The zero-order chi connectivity index (χ0) is 7.56. The molecular weight excluding hydrogens is 130 g/mol. The number of rotatable bonds is 2. The molecule has 0 aliphatic carbocycles. The molecule has 58 valence electrons. The van der Waals surface area contributed by atoms with Gasteiger partial charge in [0.2, 0.25) is 0 Å². The van der Waals surface area contributed by atoms with Crippen molar-refractivity contribution < 1.29 is 9.53 Å². The summed E-state index contributed by atoms with van der Waals surface area (Å²) in [6, 6.07) is -0.0417. The summed E-state index contributed by atoms with van der Waals surface area (Å²) in [7, 11) is 0. The van der Waals surface area contributed by atoms with Gasteiger partial charge in [0.1, 0.15) is 6.04 Å². The summed E-state index contributed by atoms with van der Waals surface area (Å²) in [5.41, 5.74) is 0. The standard InChI is InChI=1S/C7H13NO2/c1-3-10-7(9)6-5(2)4-8-6/h5-6,8H,3-4H2,1-2H3/t5-,6+/m0/s1. The van der Waals surface area contributed by atoms with Crippen LogP contribution < -0.4 is 5.32 Å². The van der Waals surface area contributed by atoms with Crippen LogP contribution in [-0.2, 0) is 9.53 Å². The predicted molar refractivity (Wildman–Crippen MR) is 37.6 cm³/mol. The molecule has 0 saturated carbocycles. The fraction of sp³-hybridized carbons (Fsp3) is 0.857. The molecule has 3 nitrogen and oxygen atoms in total. The fourth-order valence-corrected chi connectivity index (χ4v) is 1.02. The van der Waals surface area contributed by atoms with E-state index in [1.165, 1.54) is 0 Å². The second-order valence-corrected chi connectivity index (χ2v) is 2.62. The largest absolute Gasteiger partial charge is 0.465 e. The normalized spacial score (nSPS) is 31.0. The SMILES string of the molecule is CCOC(=O)[C@@H]1NC[C@@H]1C. The molecule has 0 amide bonds. The van der Waals surface area contributed by atoms with Gasteiger partial charge in [-0.15, -0.1) is 0 Å². The lowest BCUT2D eigenvalue weighted by molar-refractivity contribution is -0.149. The number of hydrogen-bond acceptors (Lipinski definition) is 3. The number of ether oxygens (including phenoxy) is 1. The van der Waals surface area contributed by atoms with Gasteiger partial charge in [0.15, 0.2) is 0 Å². The average molecular weight is 143 g/mol. The molecule has 1 aliphatic rings. The zero-order valence-electron chi connectivity index (χ0n) is 6.39. The Morgan fingerprint density at radius 1 is 1.80 bits per heavy atom. The van der Waals surface area contributed by atoms with Crippen molar-refractivity contribution in [2.24, 2.45) is 5.92 Å². The molecule has 0 spiro atoms. The van der Waals surface area contributed by atoms with Crippen molar-refractivity contribution in [1.82, 2.24) is 5.32 Å². The van der Waals surface area contributed by atoms with E-state index in [2.05, 4.69) is 5.32 Å². The summed E-state index contributed by atoms with van der Waals surface area (Å²) < 4.78 is 4.81. The molecule has 0 bridgehead atoms. The van der Waals surface area contributed by atoms with Crippen molar-refractivity contribution in [2.75, 3.05) is 13.2 Å². The van der Waals surface area contributed by atoms with Crippen LogP contribution in [0.1, 0.15) is 13.8 Å². The van der Waals surface area contributed by atoms with Crippen molar-refractivity contribution in [3.05, 3.63) is 0 Å². The van der Waals surface area contributed by atoms with Crippen LogP contribution in [0.3, 0.4) is 0 Å². The lowest BCUT2D eigenvalue weighted by Gasteiger charge is -2.32. The Kier molecular flexibility index (Phi) is 2.27. The molecule has 1 fully saturated rings. The molecule has 0 aromatic heterocycles. The maximum absolute atomic E-state index is 11.0. The van der Waals surface area contributed by atoms with Gasteiger partial charge in [-0.2, -0.15) is 0 Å². The van der Waals surface area contributed by atoms with Crippen molar-refractivity contribution >= 4 is 5.97 Å². The van der Waals surface area contributed by atoms with E-state index in [1.807, 2.05) is 13.8 Å². The van der Waals surface area contributed by atoms with Crippen LogP contribution in [0.15, 0.2) is 0 Å². The van der Waals surface area contributed by atoms with Crippen molar-refractivity contribution in [3.8, 4) is 0 Å². The molecule has 1 aliphatic heterocycles. The Labute approximate surface area is 60.7 Å². The second-order valence-electron chi connectivity index (χ2n) is 2.62. The molecular formula is C7H13NO2. The summed E-state index contributed by atoms with van der Waals surface area (Å²) in [6.07, 6.45) is 0. The third kappa shape index (κ3) is 1.29. The number of carbonyl (C=O) groups excluding carboxylic acids is 1. The minimum Gasteiger partial charge on any atom is -0.465 e. The van der Waals surface area contributed by atoms with Crippen LogP contribution in [0.4, 0.5) is 0 Å². The minimum atomic E-state index is -0.110. The van der Waals surface area contributed by atoms with Crippen LogP contribution in [0.2, 0.25) is 0 Å². The maximum atomic E-state index is 11.0. The van der Waals surface area contributed by atoms with E-state index >= 15 is 0 Å². The zero-order valence-corrected chi connectivity index (χ0v) is 6.39. The van der Waals surface area contributed by atoms with Crippen LogP contribution in [-0.4, -0.2) is 25.2 Å². The first-order valence-corrected chi connectivity index (χ1v) is 3.65. The third-order valence-electron chi connectivity index (χ3n) is 1.77. The number of nitrogens with one attached hydrogen (secondary N) is 1. The summed E-state index contributed by atoms with van der Waals surface area (Å²) >= 11 is 0. The Morgan fingerprint density at radius 2 is 2.50 bits per heavy atom. The molecule has 1 saturated heterocycles. The predicted octanol–water partition coefficient (Wildman–Crippen LogP) is 0.157. The van der Waals surface area contributed by atoms with Gasteiger partial charge in [-0.25, -0.2) is 0 Å². The summed E-state index contributed by atoms with van der Waals surface area (Å²) in [6.45, 7) is 5.27. The van der Waals surface area contributed by atoms with Gasteiger partial charge in [-0.3, -0.25) is 4.79 Å². The van der Waals surface area contributed by atoms with E-state index < -0.39 is 0 Å². The Balaban J connectivity index is 2.27. The highest BCUT2D eigenvalue weighted by atomic mass is 16.5. The van der Waals surface area contributed by atoms with Crippen LogP contribution >= 0.6 is 0 Å². The van der Waals surface area contributed by atoms with Crippen LogP contribution in [0, 0.1) is 5.92 Å². The molecule has 1 heterocycles. The second kappa shape index (κ2) is 3.01. The molecule has 1 N–H and O–H groups in total. The number of esters is 1. The van der Waals surface area contributed by atoms with Crippen molar-refractivity contribution in [3.63, 3.8) is 0 Å². The average Bonchev–Trinajstić information content (AvgIpc) is 1.85. The monoisotopic (exact) mass is 143 g/mol. The molecule has 0 radical (unpaired) electrons.